The number of halogens is 2. The Bertz CT molecular complexity index is 800. The summed E-state index contributed by atoms with van der Waals surface area (Å²) in [7, 11) is 0. The molecule has 1 aliphatic rings. The maximum Gasteiger partial charge on any atom is 0.182 e. The Morgan fingerprint density at radius 1 is 1.32 bits per heavy atom. The molecule has 0 atom stereocenters. The van der Waals surface area contributed by atoms with Crippen molar-refractivity contribution in [3.8, 4) is 5.69 Å². The summed E-state index contributed by atoms with van der Waals surface area (Å²) in [6, 6.07) is 1.68. The molecule has 3 rings (SSSR count). The Hall–Kier alpha value is -0.950. The fraction of sp³-hybridized carbons (Fsp3) is 0.182. The molecule has 0 spiro atoms. The first-order valence-electron chi connectivity index (χ1n) is 5.53. The van der Waals surface area contributed by atoms with Crippen molar-refractivity contribution < 1.29 is 0 Å². The lowest BCUT2D eigenvalue weighted by molar-refractivity contribution is 0.923. The number of benzene rings is 1. The number of fused-ring (bicyclic) bond motifs is 1. The van der Waals surface area contributed by atoms with E-state index < -0.39 is 0 Å². The molecule has 98 valence electrons. The second-order valence-electron chi connectivity index (χ2n) is 3.92. The Morgan fingerprint density at radius 3 is 2.79 bits per heavy atom. The van der Waals surface area contributed by atoms with Crippen LogP contribution in [0.2, 0.25) is 10.0 Å². The number of hydrogen-bond donors (Lipinski definition) is 1. The van der Waals surface area contributed by atoms with Gasteiger partial charge in [-0.3, -0.25) is 4.57 Å². The van der Waals surface area contributed by atoms with E-state index in [4.69, 9.17) is 35.4 Å². The van der Waals surface area contributed by atoms with E-state index in [1.165, 1.54) is 0 Å². The topological polar surface area (TPSA) is 45.4 Å². The summed E-state index contributed by atoms with van der Waals surface area (Å²) in [5, 5.41) is 1.01. The van der Waals surface area contributed by atoms with Gasteiger partial charge in [-0.05, 0) is 24.7 Å². The first kappa shape index (κ1) is 13.1. The quantitative estimate of drug-likeness (QED) is 0.650. The Morgan fingerprint density at radius 2 is 2.05 bits per heavy atom. The predicted octanol–water partition coefficient (Wildman–Crippen LogP) is 5.13. The van der Waals surface area contributed by atoms with Gasteiger partial charge in [-0.25, -0.2) is 0 Å². The largest absolute Gasteiger partial charge is 0.337 e. The smallest absolute Gasteiger partial charge is 0.182 e. The van der Waals surface area contributed by atoms with Gasteiger partial charge in [-0.15, -0.1) is 0 Å². The molecule has 0 saturated heterocycles. The maximum atomic E-state index is 6.33. The van der Waals surface area contributed by atoms with E-state index >= 15 is 0 Å². The van der Waals surface area contributed by atoms with Crippen LogP contribution < -0.4 is 0 Å². The highest BCUT2D eigenvalue weighted by Gasteiger charge is 2.21. The number of nitrogens with zero attached hydrogens (tertiary/aromatic N) is 3. The minimum absolute atomic E-state index is 0.498. The zero-order chi connectivity index (χ0) is 13.6. The van der Waals surface area contributed by atoms with Gasteiger partial charge in [0.05, 0.1) is 27.1 Å². The summed E-state index contributed by atoms with van der Waals surface area (Å²) in [5.74, 6) is 0. The summed E-state index contributed by atoms with van der Waals surface area (Å²) in [5.41, 5.74) is 3.09. The molecule has 19 heavy (non-hydrogen) atoms. The van der Waals surface area contributed by atoms with Crippen molar-refractivity contribution >= 4 is 58.1 Å². The van der Waals surface area contributed by atoms with Gasteiger partial charge in [0, 0.05) is 11.9 Å². The molecule has 0 radical (unpaired) electrons. The number of nitrogens with one attached hydrogen (secondary N) is 1. The molecule has 1 aromatic heterocycles. The van der Waals surface area contributed by atoms with Gasteiger partial charge in [0.15, 0.2) is 4.77 Å². The molecule has 8 heteroatoms. The van der Waals surface area contributed by atoms with E-state index in [-0.39, 0.29) is 0 Å². The average Bonchev–Trinajstić information content (AvgIpc) is 2.98. The standard InChI is InChI=1S/C11H8Cl2N4S2/c1-2-5-4-14-11(18)17(5)10-7(13)3-6(12)8-9(10)16-19-15-8/h3-4H,2H2,1H3,(H,14,18). The Labute approximate surface area is 128 Å². The van der Waals surface area contributed by atoms with Crippen LogP contribution in [-0.2, 0) is 17.8 Å². The normalized spacial score (nSPS) is 12.6. The summed E-state index contributed by atoms with van der Waals surface area (Å²) in [6.45, 7) is 2.05. The van der Waals surface area contributed by atoms with E-state index in [2.05, 4.69) is 20.6 Å². The van der Waals surface area contributed by atoms with Crippen LogP contribution in [0.5, 0.6) is 0 Å². The predicted molar refractivity (Wildman–Crippen MR) is 81.9 cm³/mol. The molecule has 2 heterocycles. The fourth-order valence-corrected chi connectivity index (χ4v) is 3.44. The summed E-state index contributed by atoms with van der Waals surface area (Å²) in [4.78, 5) is 3.03. The summed E-state index contributed by atoms with van der Waals surface area (Å²) >= 11 is 18.9. The lowest BCUT2D eigenvalue weighted by atomic mass is 10.2. The third-order valence-corrected chi connectivity index (χ3v) is 4.26. The number of hydrogen-bond acceptors (Lipinski definition) is 3. The van der Waals surface area contributed by atoms with Crippen molar-refractivity contribution in [2.75, 3.05) is 0 Å². The van der Waals surface area contributed by atoms with Gasteiger partial charge in [0.2, 0.25) is 0 Å². The van der Waals surface area contributed by atoms with Gasteiger partial charge in [0.25, 0.3) is 0 Å². The van der Waals surface area contributed by atoms with Crippen molar-refractivity contribution in [3.05, 3.63) is 32.8 Å². The Kier molecular flexibility index (Phi) is 3.34. The highest BCUT2D eigenvalue weighted by Crippen LogP contribution is 2.46. The van der Waals surface area contributed by atoms with Gasteiger partial charge < -0.3 is 4.98 Å². The molecular formula is C11H8Cl2N4S2. The lowest BCUT2D eigenvalue weighted by Gasteiger charge is -2.12. The molecule has 2 aromatic rings. The minimum atomic E-state index is 0.498. The molecule has 0 saturated carbocycles. The molecule has 1 N–H and O–H groups in total. The SMILES string of the molecule is CCc1c[nH]c(=S)n1-c1c(Cl)cc(Cl)c2c1N=S=N2. The highest BCUT2D eigenvalue weighted by molar-refractivity contribution is 7.71. The average molecular weight is 331 g/mol. The molecule has 0 bridgehead atoms. The Balaban J connectivity index is 2.39. The van der Waals surface area contributed by atoms with E-state index in [1.54, 1.807) is 6.07 Å². The van der Waals surface area contributed by atoms with Crippen LogP contribution in [0, 0.1) is 4.77 Å². The second-order valence-corrected chi connectivity index (χ2v) is 5.65. The van der Waals surface area contributed by atoms with Crippen LogP contribution in [0.25, 0.3) is 5.69 Å². The molecule has 0 aliphatic carbocycles. The van der Waals surface area contributed by atoms with E-state index in [1.807, 2.05) is 10.8 Å². The third-order valence-electron chi connectivity index (χ3n) is 2.86. The summed E-state index contributed by atoms with van der Waals surface area (Å²) in [6.07, 6.45) is 2.70. The molecule has 4 nitrogen and oxygen atoms in total. The molecule has 0 unspecified atom stereocenters. The number of imidazole rings is 1. The van der Waals surface area contributed by atoms with E-state index in [0.717, 1.165) is 29.2 Å². The van der Waals surface area contributed by atoms with Crippen LogP contribution in [0.1, 0.15) is 12.6 Å². The van der Waals surface area contributed by atoms with Gasteiger partial charge >= 0.3 is 0 Å². The molecular weight excluding hydrogens is 323 g/mol. The number of H-pyrrole nitrogens is 1. The van der Waals surface area contributed by atoms with Crippen molar-refractivity contribution in [3.63, 3.8) is 0 Å². The van der Waals surface area contributed by atoms with Crippen molar-refractivity contribution in [1.29, 1.82) is 0 Å². The first-order chi connectivity index (χ1) is 9.13. The first-order valence-corrected chi connectivity index (χ1v) is 7.43. The monoisotopic (exact) mass is 330 g/mol. The molecule has 0 amide bonds. The van der Waals surface area contributed by atoms with Crippen molar-refractivity contribution in [2.45, 2.75) is 13.3 Å². The van der Waals surface area contributed by atoms with Crippen LogP contribution in [0.4, 0.5) is 11.4 Å². The second kappa shape index (κ2) is 4.86. The zero-order valence-corrected chi connectivity index (χ0v) is 12.9. The van der Waals surface area contributed by atoms with Crippen LogP contribution in [0.15, 0.2) is 21.0 Å². The van der Waals surface area contributed by atoms with Crippen molar-refractivity contribution in [1.82, 2.24) is 9.55 Å². The van der Waals surface area contributed by atoms with E-state index in [0.29, 0.717) is 26.2 Å². The summed E-state index contributed by atoms with van der Waals surface area (Å²) < 4.78 is 11.0. The molecule has 0 fully saturated rings. The van der Waals surface area contributed by atoms with Gasteiger partial charge in [-0.2, -0.15) is 8.73 Å². The van der Waals surface area contributed by atoms with Crippen molar-refractivity contribution in [2.24, 2.45) is 8.73 Å². The highest BCUT2D eigenvalue weighted by atomic mass is 35.5. The molecule has 1 aromatic carbocycles. The minimum Gasteiger partial charge on any atom is -0.337 e. The van der Waals surface area contributed by atoms with Crippen LogP contribution in [0.3, 0.4) is 0 Å². The maximum absolute atomic E-state index is 6.33. The zero-order valence-electron chi connectivity index (χ0n) is 9.78. The number of aromatic amines is 1. The fourth-order valence-electron chi connectivity index (χ4n) is 1.98. The number of rotatable bonds is 2. The van der Waals surface area contributed by atoms with Gasteiger partial charge in [-0.1, -0.05) is 30.1 Å². The van der Waals surface area contributed by atoms with Gasteiger partial charge in [0.1, 0.15) is 11.4 Å². The van der Waals surface area contributed by atoms with Crippen LogP contribution in [-0.4, -0.2) is 9.55 Å². The molecule has 1 aliphatic heterocycles. The van der Waals surface area contributed by atoms with E-state index in [9.17, 15) is 0 Å². The number of aryl methyl sites for hydroxylation is 1. The van der Waals surface area contributed by atoms with Crippen LogP contribution >= 0.6 is 35.4 Å². The lowest BCUT2D eigenvalue weighted by Crippen LogP contribution is -2.00. The third kappa shape index (κ3) is 1.99. The number of aromatic nitrogens is 2.